The molecule has 1 N–H and O–H groups in total. The summed E-state index contributed by atoms with van der Waals surface area (Å²) in [6.45, 7) is 7.25. The van der Waals surface area contributed by atoms with Gasteiger partial charge in [-0.3, -0.25) is 9.59 Å². The van der Waals surface area contributed by atoms with Crippen molar-refractivity contribution in [3.63, 3.8) is 0 Å². The van der Waals surface area contributed by atoms with E-state index in [1.807, 2.05) is 46.2 Å². The molecule has 260 valence electrons. The third-order valence-electron chi connectivity index (χ3n) is 11.3. The fraction of sp³-hybridized carbons (Fsp3) is 0.366. The highest BCUT2D eigenvalue weighted by Crippen LogP contribution is 2.60. The molecule has 0 saturated carbocycles. The summed E-state index contributed by atoms with van der Waals surface area (Å²) in [5.41, 5.74) is 4.32. The van der Waals surface area contributed by atoms with E-state index in [-0.39, 0.29) is 42.7 Å². The van der Waals surface area contributed by atoms with Crippen LogP contribution in [0.25, 0.3) is 0 Å². The first-order chi connectivity index (χ1) is 24.0. The minimum Gasteiger partial charge on any atom is -0.497 e. The predicted molar refractivity (Wildman–Crippen MR) is 211 cm³/mol. The zero-order valence-electron chi connectivity index (χ0n) is 28.7. The average Bonchev–Trinajstić information content (AvgIpc) is 3.54. The van der Waals surface area contributed by atoms with Crippen LogP contribution in [0.15, 0.2) is 91.0 Å². The molecule has 1 saturated heterocycles. The van der Waals surface area contributed by atoms with Gasteiger partial charge < -0.3 is 24.4 Å². The van der Waals surface area contributed by atoms with Crippen LogP contribution in [0, 0.1) is 19.0 Å². The van der Waals surface area contributed by atoms with Gasteiger partial charge in [-0.1, -0.05) is 69.3 Å². The van der Waals surface area contributed by atoms with Crippen LogP contribution in [-0.2, 0) is 44.9 Å². The van der Waals surface area contributed by atoms with Crippen LogP contribution in [0.3, 0.4) is 0 Å². The summed E-state index contributed by atoms with van der Waals surface area (Å²) in [5, 5.41) is 10.4. The molecule has 0 unspecified atom stereocenters. The summed E-state index contributed by atoms with van der Waals surface area (Å²) in [6, 6.07) is 30.3. The summed E-state index contributed by atoms with van der Waals surface area (Å²) < 4.78 is 14.9. The number of hydrogen-bond acceptors (Lipinski definition) is 5. The van der Waals surface area contributed by atoms with E-state index in [2.05, 4.69) is 121 Å². The number of hydrogen-bond donors (Lipinski definition) is 1. The van der Waals surface area contributed by atoms with E-state index in [0.29, 0.717) is 19.5 Å². The van der Waals surface area contributed by atoms with Crippen LogP contribution in [0.5, 0.6) is 5.75 Å². The lowest BCUT2D eigenvalue weighted by Gasteiger charge is -2.40. The number of halogens is 2. The number of anilines is 1. The molecule has 0 aliphatic carbocycles. The molecule has 4 aromatic rings. The van der Waals surface area contributed by atoms with Gasteiger partial charge in [0.05, 0.1) is 44.5 Å². The van der Waals surface area contributed by atoms with Crippen LogP contribution < -0.4 is 9.64 Å². The highest BCUT2D eigenvalue weighted by atomic mass is 127. The normalized spacial score (nSPS) is 24.4. The summed E-state index contributed by atoms with van der Waals surface area (Å²) >= 11 is 4.60. The van der Waals surface area contributed by atoms with Gasteiger partial charge in [0.25, 0.3) is 5.91 Å². The number of carbonyl (C=O) groups is 2. The molecule has 3 heterocycles. The van der Waals surface area contributed by atoms with Crippen molar-refractivity contribution >= 4 is 62.7 Å². The molecule has 3 aliphatic rings. The van der Waals surface area contributed by atoms with E-state index in [4.69, 9.17) is 9.47 Å². The van der Waals surface area contributed by atoms with Crippen LogP contribution in [-0.4, -0.2) is 47.7 Å². The number of aliphatic hydroxyl groups excluding tert-OH is 1. The number of nitrogens with zero attached hydrogens (tertiary/aromatic N) is 2. The second kappa shape index (κ2) is 13.9. The number of aliphatic hydroxyl groups is 1. The third-order valence-corrected chi connectivity index (χ3v) is 12.7. The van der Waals surface area contributed by atoms with Crippen molar-refractivity contribution < 1.29 is 24.2 Å². The van der Waals surface area contributed by atoms with Crippen LogP contribution >= 0.6 is 45.2 Å². The molecule has 1 fully saturated rings. The van der Waals surface area contributed by atoms with Crippen LogP contribution in [0.2, 0.25) is 0 Å². The molecule has 7 nitrogen and oxygen atoms in total. The molecular weight excluding hydrogens is 854 g/mol. The Morgan fingerprint density at radius 3 is 2.34 bits per heavy atom. The van der Waals surface area contributed by atoms with Crippen molar-refractivity contribution in [2.75, 3.05) is 18.6 Å². The number of benzene rings is 4. The van der Waals surface area contributed by atoms with E-state index < -0.39 is 17.1 Å². The maximum absolute atomic E-state index is 15.1. The Balaban J connectivity index is 1.30. The largest absolute Gasteiger partial charge is 0.497 e. The van der Waals surface area contributed by atoms with Crippen molar-refractivity contribution in [2.24, 2.45) is 11.8 Å². The van der Waals surface area contributed by atoms with Gasteiger partial charge in [-0.15, -0.1) is 0 Å². The van der Waals surface area contributed by atoms with Gasteiger partial charge in [0.15, 0.2) is 5.60 Å². The molecular formula is C41H42I2N2O5. The summed E-state index contributed by atoms with van der Waals surface area (Å²) in [6.07, 6.45) is 0.126. The highest BCUT2D eigenvalue weighted by Gasteiger charge is 2.66. The van der Waals surface area contributed by atoms with E-state index in [1.54, 1.807) is 7.11 Å². The Hall–Kier alpha value is -3.00. The Morgan fingerprint density at radius 2 is 1.66 bits per heavy atom. The smallest absolute Gasteiger partial charge is 0.264 e. The number of ether oxygens (including phenoxy) is 2. The van der Waals surface area contributed by atoms with E-state index in [0.717, 1.165) is 46.4 Å². The predicted octanol–water partition coefficient (Wildman–Crippen LogP) is 7.61. The number of carbonyl (C=O) groups excluding carboxylic acids is 2. The summed E-state index contributed by atoms with van der Waals surface area (Å²) in [7, 11) is 1.66. The molecule has 4 aromatic carbocycles. The molecule has 5 atom stereocenters. The van der Waals surface area contributed by atoms with Gasteiger partial charge in [0.2, 0.25) is 5.91 Å². The van der Waals surface area contributed by atoms with Gasteiger partial charge >= 0.3 is 0 Å². The van der Waals surface area contributed by atoms with E-state index in [1.165, 1.54) is 0 Å². The van der Waals surface area contributed by atoms with Crippen molar-refractivity contribution in [1.29, 1.82) is 0 Å². The SMILES string of the molecule is COc1ccc(C(C)(C)[C@H]2[C@H](CC(=O)N3Cc4ccccc4C[C@H]3CO)O[C@@]3(C(=O)N(Cc4ccc(I)cc4)c4ccc(I)cc43)[C@@H]2C)cc1. The molecule has 0 bridgehead atoms. The van der Waals surface area contributed by atoms with Gasteiger partial charge in [0, 0.05) is 31.1 Å². The average molecular weight is 897 g/mol. The Labute approximate surface area is 321 Å². The Bertz CT molecular complexity index is 1910. The zero-order chi connectivity index (χ0) is 35.4. The molecule has 7 rings (SSSR count). The number of amides is 2. The topological polar surface area (TPSA) is 79.3 Å². The molecule has 0 aromatic heterocycles. The lowest BCUT2D eigenvalue weighted by molar-refractivity contribution is -0.151. The van der Waals surface area contributed by atoms with Crippen LogP contribution in [0.4, 0.5) is 5.69 Å². The molecule has 3 aliphatic heterocycles. The minimum atomic E-state index is -1.27. The first-order valence-electron chi connectivity index (χ1n) is 17.1. The van der Waals surface area contributed by atoms with Gasteiger partial charge in [0.1, 0.15) is 5.75 Å². The maximum atomic E-state index is 15.1. The van der Waals surface area contributed by atoms with E-state index in [9.17, 15) is 9.90 Å². The van der Waals surface area contributed by atoms with Gasteiger partial charge in [-0.25, -0.2) is 0 Å². The molecule has 1 spiro atoms. The standard InChI is InChI=1S/C41H42I2N2O5/c1-25-38(40(2,3)29-11-16-33(49-4)17-12-29)36(21-37(47)44-23-28-8-6-5-7-27(28)19-32(44)24-46)50-41(25)34-20-31(43)15-18-35(34)45(39(41)48)22-26-9-13-30(42)14-10-26/h5-18,20,25,32,36,38,46H,19,21-24H2,1-4H3/t25-,32+,36+,38-,41+/m1/s1. The summed E-state index contributed by atoms with van der Waals surface area (Å²) in [5.74, 6) is 0.111. The quantitative estimate of drug-likeness (QED) is 0.185. The Morgan fingerprint density at radius 1 is 0.980 bits per heavy atom. The van der Waals surface area contributed by atoms with Crippen molar-refractivity contribution in [3.8, 4) is 5.75 Å². The maximum Gasteiger partial charge on any atom is 0.264 e. The van der Waals surface area contributed by atoms with Crippen LogP contribution in [0.1, 0.15) is 55.0 Å². The van der Waals surface area contributed by atoms with E-state index >= 15 is 4.79 Å². The first-order valence-corrected chi connectivity index (χ1v) is 19.3. The van der Waals surface area contributed by atoms with Crippen molar-refractivity contribution in [2.45, 2.75) is 69.9 Å². The van der Waals surface area contributed by atoms with Crippen molar-refractivity contribution in [3.05, 3.63) is 126 Å². The number of methoxy groups -OCH3 is 1. The second-order valence-electron chi connectivity index (χ2n) is 14.4. The van der Waals surface area contributed by atoms with Gasteiger partial charge in [-0.2, -0.15) is 0 Å². The molecule has 0 radical (unpaired) electrons. The molecule has 50 heavy (non-hydrogen) atoms. The van der Waals surface area contributed by atoms with Crippen molar-refractivity contribution in [1.82, 2.24) is 4.90 Å². The minimum absolute atomic E-state index is 0.0765. The lowest BCUT2D eigenvalue weighted by atomic mass is 9.63. The number of fused-ring (bicyclic) bond motifs is 3. The molecule has 9 heteroatoms. The fourth-order valence-corrected chi connectivity index (χ4v) is 9.60. The third kappa shape index (κ3) is 6.05. The first kappa shape index (κ1) is 35.4. The van der Waals surface area contributed by atoms with Gasteiger partial charge in [-0.05, 0) is 122 Å². The number of rotatable bonds is 8. The Kier molecular flexibility index (Phi) is 9.81. The summed E-state index contributed by atoms with van der Waals surface area (Å²) in [4.78, 5) is 33.2. The highest BCUT2D eigenvalue weighted by molar-refractivity contribution is 14.1. The second-order valence-corrected chi connectivity index (χ2v) is 16.9. The lowest BCUT2D eigenvalue weighted by Crippen LogP contribution is -2.48. The zero-order valence-corrected chi connectivity index (χ0v) is 33.1. The molecule has 2 amide bonds. The fourth-order valence-electron chi connectivity index (χ4n) is 8.75. The monoisotopic (exact) mass is 896 g/mol.